The molecule has 0 bridgehead atoms. The first-order valence-corrected chi connectivity index (χ1v) is 6.68. The Morgan fingerprint density at radius 3 is 2.35 bits per heavy atom. The maximum atomic E-state index is 14.0. The van der Waals surface area contributed by atoms with Gasteiger partial charge in [-0.05, 0) is 36.6 Å². The maximum absolute atomic E-state index is 14.0. The molecule has 1 unspecified atom stereocenters. The van der Waals surface area contributed by atoms with Crippen LogP contribution in [0.25, 0.3) is 0 Å². The van der Waals surface area contributed by atoms with Gasteiger partial charge >= 0.3 is 0 Å². The molecule has 0 aliphatic carbocycles. The lowest BCUT2D eigenvalue weighted by molar-refractivity contribution is 0.408. The number of nitrogens with two attached hydrogens (primary N) is 1. The second kappa shape index (κ2) is 5.81. The minimum Gasteiger partial charge on any atom is -0.496 e. The van der Waals surface area contributed by atoms with E-state index in [1.165, 1.54) is 6.07 Å². The van der Waals surface area contributed by atoms with Gasteiger partial charge in [-0.3, -0.25) is 0 Å². The molecule has 2 nitrogen and oxygen atoms in total. The van der Waals surface area contributed by atoms with Crippen molar-refractivity contribution in [2.24, 2.45) is 5.73 Å². The molecule has 0 heterocycles. The van der Waals surface area contributed by atoms with Crippen LogP contribution in [0, 0.1) is 19.7 Å². The minimum atomic E-state index is -0.558. The van der Waals surface area contributed by atoms with Crippen LogP contribution in [0.1, 0.15) is 28.3 Å². The van der Waals surface area contributed by atoms with Gasteiger partial charge in [0, 0.05) is 5.56 Å². The van der Waals surface area contributed by atoms with Gasteiger partial charge in [0.15, 0.2) is 0 Å². The molecule has 1 atom stereocenters. The molecule has 2 N–H and O–H groups in total. The van der Waals surface area contributed by atoms with Gasteiger partial charge < -0.3 is 10.5 Å². The van der Waals surface area contributed by atoms with Crippen LogP contribution >= 0.6 is 11.6 Å². The molecule has 0 fully saturated rings. The normalized spacial score (nSPS) is 12.3. The summed E-state index contributed by atoms with van der Waals surface area (Å²) < 4.78 is 19.4. The van der Waals surface area contributed by atoms with Crippen molar-refractivity contribution in [2.75, 3.05) is 7.11 Å². The van der Waals surface area contributed by atoms with Crippen molar-refractivity contribution in [1.82, 2.24) is 0 Å². The van der Waals surface area contributed by atoms with E-state index in [9.17, 15) is 4.39 Å². The van der Waals surface area contributed by atoms with Gasteiger partial charge in [-0.25, -0.2) is 4.39 Å². The third kappa shape index (κ3) is 2.65. The molecule has 4 heteroatoms. The third-order valence-electron chi connectivity index (χ3n) is 3.36. The Bertz CT molecular complexity index is 619. The fourth-order valence-electron chi connectivity index (χ4n) is 2.43. The van der Waals surface area contributed by atoms with Crippen molar-refractivity contribution in [1.29, 1.82) is 0 Å². The van der Waals surface area contributed by atoms with E-state index in [4.69, 9.17) is 22.1 Å². The van der Waals surface area contributed by atoms with Gasteiger partial charge in [0.1, 0.15) is 11.6 Å². The highest BCUT2D eigenvalue weighted by molar-refractivity contribution is 6.30. The average molecular weight is 294 g/mol. The van der Waals surface area contributed by atoms with E-state index >= 15 is 0 Å². The number of aryl methyl sites for hydroxylation is 2. The van der Waals surface area contributed by atoms with E-state index in [0.29, 0.717) is 5.56 Å². The van der Waals surface area contributed by atoms with Crippen molar-refractivity contribution >= 4 is 11.6 Å². The molecule has 0 radical (unpaired) electrons. The molecule has 0 aliphatic rings. The van der Waals surface area contributed by atoms with Gasteiger partial charge in [-0.15, -0.1) is 0 Å². The zero-order valence-electron chi connectivity index (χ0n) is 11.7. The molecule has 0 saturated carbocycles. The minimum absolute atomic E-state index is 0.0832. The molecule has 106 valence electrons. The van der Waals surface area contributed by atoms with Gasteiger partial charge in [0.05, 0.1) is 18.2 Å². The molecule has 0 aromatic heterocycles. The second-order valence-corrected chi connectivity index (χ2v) is 5.22. The number of hydrogen-bond donors (Lipinski definition) is 1. The molecule has 0 amide bonds. The zero-order valence-corrected chi connectivity index (χ0v) is 12.5. The van der Waals surface area contributed by atoms with Crippen molar-refractivity contribution in [3.8, 4) is 5.75 Å². The van der Waals surface area contributed by atoms with Crippen LogP contribution in [0.2, 0.25) is 5.02 Å². The highest BCUT2D eigenvalue weighted by Crippen LogP contribution is 2.31. The average Bonchev–Trinajstić information content (AvgIpc) is 2.41. The molecule has 2 aromatic rings. The summed E-state index contributed by atoms with van der Waals surface area (Å²) in [6.07, 6.45) is 0. The first-order valence-electron chi connectivity index (χ1n) is 6.30. The number of methoxy groups -OCH3 is 1. The van der Waals surface area contributed by atoms with Crippen LogP contribution in [0.15, 0.2) is 30.3 Å². The van der Waals surface area contributed by atoms with E-state index in [1.54, 1.807) is 19.2 Å². The number of rotatable bonds is 3. The van der Waals surface area contributed by atoms with Gasteiger partial charge in [-0.2, -0.15) is 0 Å². The fourth-order valence-corrected chi connectivity index (χ4v) is 2.61. The topological polar surface area (TPSA) is 35.2 Å². The zero-order chi connectivity index (χ0) is 14.9. The number of hydrogen-bond acceptors (Lipinski definition) is 2. The summed E-state index contributed by atoms with van der Waals surface area (Å²) in [6.45, 7) is 3.88. The summed E-state index contributed by atoms with van der Waals surface area (Å²) >= 11 is 5.81. The van der Waals surface area contributed by atoms with E-state index < -0.39 is 11.9 Å². The Kier molecular flexibility index (Phi) is 4.31. The Morgan fingerprint density at radius 2 is 1.80 bits per heavy atom. The molecule has 2 aromatic carbocycles. The predicted molar refractivity (Wildman–Crippen MR) is 79.9 cm³/mol. The first-order chi connectivity index (χ1) is 9.45. The molecule has 0 spiro atoms. The standard InChI is InChI=1S/C16H17ClFNO/c1-9-7-11(8-10(2)16(9)20-3)15(19)12-5-4-6-13(17)14(12)18/h4-8,15H,19H2,1-3H3. The van der Waals surface area contributed by atoms with E-state index in [0.717, 1.165) is 22.4 Å². The Hall–Kier alpha value is -1.58. The van der Waals surface area contributed by atoms with Crippen molar-refractivity contribution in [3.05, 3.63) is 63.4 Å². The van der Waals surface area contributed by atoms with Crippen LogP contribution < -0.4 is 10.5 Å². The SMILES string of the molecule is COc1c(C)cc(C(N)c2cccc(Cl)c2F)cc1C. The van der Waals surface area contributed by atoms with Gasteiger partial charge in [-0.1, -0.05) is 35.9 Å². The molecule has 0 aliphatic heterocycles. The van der Waals surface area contributed by atoms with Crippen LogP contribution in [0.3, 0.4) is 0 Å². The van der Waals surface area contributed by atoms with E-state index in [2.05, 4.69) is 0 Å². The molecule has 20 heavy (non-hydrogen) atoms. The smallest absolute Gasteiger partial charge is 0.146 e. The quantitative estimate of drug-likeness (QED) is 0.922. The summed E-state index contributed by atoms with van der Waals surface area (Å²) in [6, 6.07) is 8.13. The van der Waals surface area contributed by atoms with E-state index in [1.807, 2.05) is 26.0 Å². The lowest BCUT2D eigenvalue weighted by Gasteiger charge is -2.17. The van der Waals surface area contributed by atoms with E-state index in [-0.39, 0.29) is 5.02 Å². The van der Waals surface area contributed by atoms with Crippen molar-refractivity contribution in [3.63, 3.8) is 0 Å². The highest BCUT2D eigenvalue weighted by Gasteiger charge is 2.17. The van der Waals surface area contributed by atoms with Crippen LogP contribution in [0.4, 0.5) is 4.39 Å². The lowest BCUT2D eigenvalue weighted by atomic mass is 9.95. The number of ether oxygens (including phenoxy) is 1. The largest absolute Gasteiger partial charge is 0.496 e. The summed E-state index contributed by atoms with van der Waals surface area (Å²) in [5.41, 5.74) is 9.35. The summed E-state index contributed by atoms with van der Waals surface area (Å²) in [4.78, 5) is 0. The number of benzene rings is 2. The molecule has 2 rings (SSSR count). The van der Waals surface area contributed by atoms with Gasteiger partial charge in [0.2, 0.25) is 0 Å². The maximum Gasteiger partial charge on any atom is 0.146 e. The Balaban J connectivity index is 2.49. The lowest BCUT2D eigenvalue weighted by Crippen LogP contribution is -2.14. The third-order valence-corrected chi connectivity index (χ3v) is 3.65. The number of halogens is 2. The fraction of sp³-hybridized carbons (Fsp3) is 0.250. The summed E-state index contributed by atoms with van der Waals surface area (Å²) in [5, 5.41) is 0.0832. The molecule has 0 saturated heterocycles. The Labute approximate surface area is 123 Å². The van der Waals surface area contributed by atoms with Gasteiger partial charge in [0.25, 0.3) is 0 Å². The van der Waals surface area contributed by atoms with Crippen molar-refractivity contribution < 1.29 is 9.13 Å². The van der Waals surface area contributed by atoms with Crippen LogP contribution in [-0.2, 0) is 0 Å². The monoisotopic (exact) mass is 293 g/mol. The molecular weight excluding hydrogens is 277 g/mol. The Morgan fingerprint density at radius 1 is 1.20 bits per heavy atom. The van der Waals surface area contributed by atoms with Crippen molar-refractivity contribution in [2.45, 2.75) is 19.9 Å². The van der Waals surface area contributed by atoms with Crippen LogP contribution in [-0.4, -0.2) is 7.11 Å². The predicted octanol–water partition coefficient (Wildman–Crippen LogP) is 4.15. The second-order valence-electron chi connectivity index (χ2n) is 4.81. The summed E-state index contributed by atoms with van der Waals surface area (Å²) in [7, 11) is 1.63. The van der Waals surface area contributed by atoms with Crippen LogP contribution in [0.5, 0.6) is 5.75 Å². The highest BCUT2D eigenvalue weighted by atomic mass is 35.5. The molecular formula is C16H17ClFNO. The first kappa shape index (κ1) is 14.8. The summed E-state index contributed by atoms with van der Waals surface area (Å²) in [5.74, 6) is 0.361.